The van der Waals surface area contributed by atoms with Gasteiger partial charge in [-0.2, -0.15) is 18.3 Å². The molecule has 134 valence electrons. The van der Waals surface area contributed by atoms with Gasteiger partial charge < -0.3 is 0 Å². The predicted octanol–water partition coefficient (Wildman–Crippen LogP) is 5.00. The van der Waals surface area contributed by atoms with Gasteiger partial charge in [-0.25, -0.2) is 14.4 Å². The summed E-state index contributed by atoms with van der Waals surface area (Å²) in [4.78, 5) is 7.77. The molecule has 0 amide bonds. The van der Waals surface area contributed by atoms with Gasteiger partial charge in [-0.05, 0) is 31.2 Å². The Morgan fingerprint density at radius 3 is 2.65 bits per heavy atom. The molecule has 1 aromatic carbocycles. The van der Waals surface area contributed by atoms with E-state index >= 15 is 0 Å². The zero-order valence-corrected chi connectivity index (χ0v) is 13.9. The Kier molecular flexibility index (Phi) is 3.65. The van der Waals surface area contributed by atoms with Gasteiger partial charge in [-0.1, -0.05) is 11.6 Å². The van der Waals surface area contributed by atoms with Crippen molar-refractivity contribution in [2.75, 3.05) is 0 Å². The van der Waals surface area contributed by atoms with E-state index in [1.165, 1.54) is 29.8 Å². The Balaban J connectivity index is 2.06. The second-order valence-electron chi connectivity index (χ2n) is 5.72. The lowest BCUT2D eigenvalue weighted by Gasteiger charge is -2.11. The zero-order valence-electron chi connectivity index (χ0n) is 13.1. The molecule has 0 radical (unpaired) electrons. The fourth-order valence-corrected chi connectivity index (χ4v) is 3.05. The van der Waals surface area contributed by atoms with E-state index in [-0.39, 0.29) is 17.0 Å². The third-order valence-corrected chi connectivity index (χ3v) is 4.22. The van der Waals surface area contributed by atoms with Gasteiger partial charge in [-0.15, -0.1) is 0 Å². The molecule has 1 N–H and O–H groups in total. The number of hydrogen-bond donors (Lipinski definition) is 1. The summed E-state index contributed by atoms with van der Waals surface area (Å²) in [5.74, 6) is -0.0641. The number of halogens is 5. The number of hydrogen-bond acceptors (Lipinski definition) is 3. The molecular formula is C16H10ClF4N5. The monoisotopic (exact) mass is 383 g/mol. The minimum atomic E-state index is -4.63. The number of nitrogens with zero attached hydrogens (tertiary/aromatic N) is 4. The van der Waals surface area contributed by atoms with Crippen molar-refractivity contribution < 1.29 is 17.6 Å². The Bertz CT molecular complexity index is 1130. The van der Waals surface area contributed by atoms with Gasteiger partial charge in [-0.3, -0.25) is 9.67 Å². The van der Waals surface area contributed by atoms with E-state index in [4.69, 9.17) is 11.6 Å². The van der Waals surface area contributed by atoms with E-state index in [0.29, 0.717) is 21.6 Å². The molecule has 0 saturated heterocycles. The van der Waals surface area contributed by atoms with Crippen molar-refractivity contribution in [1.82, 2.24) is 24.7 Å². The minimum absolute atomic E-state index is 0.0641. The average Bonchev–Trinajstić information content (AvgIpc) is 3.17. The van der Waals surface area contributed by atoms with E-state index in [2.05, 4.69) is 20.2 Å². The summed E-state index contributed by atoms with van der Waals surface area (Å²) in [6.45, 7) is 1.25. The number of imidazole rings is 1. The zero-order chi connectivity index (χ0) is 18.6. The van der Waals surface area contributed by atoms with E-state index < -0.39 is 18.0 Å². The third-order valence-electron chi connectivity index (χ3n) is 3.92. The van der Waals surface area contributed by atoms with Gasteiger partial charge in [0.1, 0.15) is 17.0 Å². The molecule has 0 fully saturated rings. The van der Waals surface area contributed by atoms with Crippen molar-refractivity contribution in [1.29, 1.82) is 0 Å². The van der Waals surface area contributed by atoms with Crippen LogP contribution in [0, 0.1) is 0 Å². The molecule has 10 heteroatoms. The first-order valence-electron chi connectivity index (χ1n) is 7.49. The van der Waals surface area contributed by atoms with Crippen molar-refractivity contribution in [3.63, 3.8) is 0 Å². The van der Waals surface area contributed by atoms with Crippen LogP contribution in [0.3, 0.4) is 0 Å². The predicted molar refractivity (Wildman–Crippen MR) is 88.1 cm³/mol. The smallest absolute Gasteiger partial charge is 0.278 e. The molecule has 3 heterocycles. The maximum Gasteiger partial charge on any atom is 0.433 e. The second kappa shape index (κ2) is 5.66. The van der Waals surface area contributed by atoms with Gasteiger partial charge in [0.05, 0.1) is 22.4 Å². The highest BCUT2D eigenvalue weighted by Crippen LogP contribution is 2.33. The quantitative estimate of drug-likeness (QED) is 0.495. The maximum absolute atomic E-state index is 14.1. The highest BCUT2D eigenvalue weighted by atomic mass is 35.5. The molecule has 0 aliphatic rings. The largest absolute Gasteiger partial charge is 0.433 e. The number of fused-ring (bicyclic) bond motifs is 2. The van der Waals surface area contributed by atoms with Crippen LogP contribution in [0.15, 0.2) is 30.5 Å². The molecule has 0 spiro atoms. The molecule has 3 aromatic heterocycles. The SMILES string of the molecule is C[C@@H](F)c1nc2ccc(C(F)(F)F)nc2n1-c1cc(Cl)c2[nH]ncc2c1. The minimum Gasteiger partial charge on any atom is -0.278 e. The third kappa shape index (κ3) is 2.59. The van der Waals surface area contributed by atoms with Crippen LogP contribution in [0.4, 0.5) is 17.6 Å². The lowest BCUT2D eigenvalue weighted by atomic mass is 10.2. The Morgan fingerprint density at radius 1 is 1.19 bits per heavy atom. The highest BCUT2D eigenvalue weighted by molar-refractivity contribution is 6.35. The molecule has 0 unspecified atom stereocenters. The Morgan fingerprint density at radius 2 is 1.96 bits per heavy atom. The van der Waals surface area contributed by atoms with Crippen LogP contribution in [-0.4, -0.2) is 24.7 Å². The summed E-state index contributed by atoms with van der Waals surface area (Å²) in [5.41, 5.74) is -0.116. The summed E-state index contributed by atoms with van der Waals surface area (Å²) in [7, 11) is 0. The van der Waals surface area contributed by atoms with Crippen LogP contribution >= 0.6 is 11.6 Å². The van der Waals surface area contributed by atoms with Crippen LogP contribution in [0.5, 0.6) is 0 Å². The fraction of sp³-hybridized carbons (Fsp3) is 0.188. The summed E-state index contributed by atoms with van der Waals surface area (Å²) in [6, 6.07) is 5.11. The van der Waals surface area contributed by atoms with Crippen LogP contribution in [0.1, 0.15) is 24.6 Å². The second-order valence-corrected chi connectivity index (χ2v) is 6.13. The maximum atomic E-state index is 14.1. The molecule has 5 nitrogen and oxygen atoms in total. The van der Waals surface area contributed by atoms with Crippen molar-refractivity contribution in [2.24, 2.45) is 0 Å². The first-order valence-corrected chi connectivity index (χ1v) is 7.87. The molecule has 0 aliphatic carbocycles. The molecular weight excluding hydrogens is 374 g/mol. The normalized spacial score (nSPS) is 13.6. The van der Waals surface area contributed by atoms with Crippen LogP contribution < -0.4 is 0 Å². The summed E-state index contributed by atoms with van der Waals surface area (Å²) >= 11 is 6.21. The molecule has 0 aliphatic heterocycles. The average molecular weight is 384 g/mol. The fourth-order valence-electron chi connectivity index (χ4n) is 2.78. The number of pyridine rings is 1. The van der Waals surface area contributed by atoms with Crippen LogP contribution in [0.25, 0.3) is 27.8 Å². The first-order chi connectivity index (χ1) is 12.3. The van der Waals surface area contributed by atoms with Gasteiger partial charge in [0.2, 0.25) is 0 Å². The summed E-state index contributed by atoms with van der Waals surface area (Å²) < 4.78 is 54.5. The summed E-state index contributed by atoms with van der Waals surface area (Å²) in [6.07, 6.45) is -4.65. The first kappa shape index (κ1) is 16.8. The number of nitrogens with one attached hydrogen (secondary N) is 1. The van der Waals surface area contributed by atoms with Gasteiger partial charge >= 0.3 is 6.18 Å². The number of aromatic amines is 1. The highest BCUT2D eigenvalue weighted by Gasteiger charge is 2.33. The van der Waals surface area contributed by atoms with Gasteiger partial charge in [0, 0.05) is 5.39 Å². The van der Waals surface area contributed by atoms with Crippen molar-refractivity contribution in [3.8, 4) is 5.69 Å². The van der Waals surface area contributed by atoms with Gasteiger partial charge in [0.25, 0.3) is 0 Å². The summed E-state index contributed by atoms with van der Waals surface area (Å²) in [5, 5.41) is 7.51. The van der Waals surface area contributed by atoms with E-state index in [1.807, 2.05) is 0 Å². The molecule has 4 aromatic rings. The van der Waals surface area contributed by atoms with Crippen LogP contribution in [0.2, 0.25) is 5.02 Å². The van der Waals surface area contributed by atoms with Gasteiger partial charge in [0.15, 0.2) is 11.8 Å². The Labute approximate surface area is 148 Å². The topological polar surface area (TPSA) is 59.4 Å². The number of H-pyrrole nitrogens is 1. The molecule has 1 atom stereocenters. The standard InChI is InChI=1S/C16H10ClF4N5/c1-7(18)14-23-11-2-3-12(16(19,20)21)24-15(11)26(14)9-4-8-6-22-25-13(8)10(17)5-9/h2-7H,1H3,(H,22,25)/t7-/m1/s1. The number of rotatable bonds is 2. The molecule has 0 saturated carbocycles. The molecule has 26 heavy (non-hydrogen) atoms. The molecule has 4 rings (SSSR count). The lowest BCUT2D eigenvalue weighted by Crippen LogP contribution is -2.09. The van der Waals surface area contributed by atoms with E-state index in [1.54, 1.807) is 6.07 Å². The lowest BCUT2D eigenvalue weighted by molar-refractivity contribution is -0.141. The Hall–Kier alpha value is -2.68. The molecule has 0 bridgehead atoms. The van der Waals surface area contributed by atoms with Crippen molar-refractivity contribution in [2.45, 2.75) is 19.3 Å². The van der Waals surface area contributed by atoms with E-state index in [0.717, 1.165) is 6.07 Å². The number of aromatic nitrogens is 5. The van der Waals surface area contributed by atoms with E-state index in [9.17, 15) is 17.6 Å². The van der Waals surface area contributed by atoms with Crippen LogP contribution in [-0.2, 0) is 6.18 Å². The number of alkyl halides is 4. The van der Waals surface area contributed by atoms with Crippen molar-refractivity contribution >= 4 is 33.7 Å². The number of benzene rings is 1. The van der Waals surface area contributed by atoms with Crippen molar-refractivity contribution in [3.05, 3.63) is 47.0 Å².